The van der Waals surface area contributed by atoms with Crippen molar-refractivity contribution in [3.05, 3.63) is 12.2 Å². The number of nitrogens with zero attached hydrogens (tertiary/aromatic N) is 4. The molecule has 2 fully saturated rings. The fourth-order valence-electron chi connectivity index (χ4n) is 4.56. The van der Waals surface area contributed by atoms with E-state index in [0.29, 0.717) is 29.4 Å². The normalized spacial score (nSPS) is 27.9. The summed E-state index contributed by atoms with van der Waals surface area (Å²) in [5.41, 5.74) is 6.36. The molecule has 1 amide bonds. The molecule has 10 heteroatoms. The largest absolute Gasteiger partial charge is 0.344 e. The fraction of sp³-hybridized carbons (Fsp3) is 0.722. The van der Waals surface area contributed by atoms with Crippen LogP contribution in [0.15, 0.2) is 10.9 Å². The van der Waals surface area contributed by atoms with Gasteiger partial charge in [0.05, 0.1) is 0 Å². The van der Waals surface area contributed by atoms with Crippen LogP contribution in [0.25, 0.3) is 11.6 Å². The smallest absolute Gasteiger partial charge is 0.249 e. The average molecular weight is 410 g/mol. The Balaban J connectivity index is 0.00000225. The number of nitrogens with two attached hydrogens (primary N) is 1. The van der Waals surface area contributed by atoms with Gasteiger partial charge >= 0.3 is 0 Å². The molecule has 2 bridgehead atoms. The van der Waals surface area contributed by atoms with E-state index >= 15 is 0 Å². The Morgan fingerprint density at radius 1 is 1.32 bits per heavy atom. The van der Waals surface area contributed by atoms with Gasteiger partial charge in [-0.05, 0) is 43.4 Å². The summed E-state index contributed by atoms with van der Waals surface area (Å²) in [6.45, 7) is 4.05. The molecular formula is C18H28ClN7O2. The van der Waals surface area contributed by atoms with E-state index in [9.17, 15) is 4.79 Å². The highest BCUT2D eigenvalue weighted by atomic mass is 35.5. The maximum Gasteiger partial charge on any atom is 0.249 e. The van der Waals surface area contributed by atoms with Crippen molar-refractivity contribution in [3.8, 4) is 11.6 Å². The van der Waals surface area contributed by atoms with E-state index in [1.54, 1.807) is 0 Å². The van der Waals surface area contributed by atoms with Crippen molar-refractivity contribution < 1.29 is 9.32 Å². The quantitative estimate of drug-likeness (QED) is 0.688. The summed E-state index contributed by atoms with van der Waals surface area (Å²) in [6.07, 6.45) is 6.65. The van der Waals surface area contributed by atoms with Crippen LogP contribution in [0.5, 0.6) is 0 Å². The Labute approximate surface area is 170 Å². The van der Waals surface area contributed by atoms with Crippen LogP contribution in [0.1, 0.15) is 57.9 Å². The Morgan fingerprint density at radius 2 is 2.04 bits per heavy atom. The lowest BCUT2D eigenvalue weighted by atomic mass is 9.65. The van der Waals surface area contributed by atoms with Crippen molar-refractivity contribution in [2.24, 2.45) is 29.4 Å². The van der Waals surface area contributed by atoms with Gasteiger partial charge in [0.1, 0.15) is 12.4 Å². The zero-order valence-corrected chi connectivity index (χ0v) is 17.0. The standard InChI is InChI=1S/C18H27N7O2.ClH/c1-9(2)14(18-23-16(25-27-18)15-20-8-21-24-15)22-17(26)12-6-10-4-3-5-11(7-12)13(10)19;/h8-14H,3-7,19H2,1-2H3,(H,22,26)(H,20,21,24);1H. The first-order chi connectivity index (χ1) is 13.0. The van der Waals surface area contributed by atoms with Crippen LogP contribution in [0, 0.1) is 23.7 Å². The van der Waals surface area contributed by atoms with E-state index in [4.69, 9.17) is 10.3 Å². The number of hydrogen-bond donors (Lipinski definition) is 3. The van der Waals surface area contributed by atoms with Crippen LogP contribution >= 0.6 is 12.4 Å². The van der Waals surface area contributed by atoms with Gasteiger partial charge in [-0.25, -0.2) is 4.98 Å². The molecule has 4 rings (SSSR count). The molecule has 3 atom stereocenters. The van der Waals surface area contributed by atoms with Crippen molar-refractivity contribution in [2.75, 3.05) is 0 Å². The Hall–Kier alpha value is -2.00. The molecule has 0 radical (unpaired) electrons. The SMILES string of the molecule is CC(C)C(NC(=O)C1CC2CCCC(C1)C2N)c1nc(-c2ncn[nH]2)no1.Cl. The minimum absolute atomic E-state index is 0. The van der Waals surface area contributed by atoms with Crippen LogP contribution in [-0.4, -0.2) is 37.3 Å². The van der Waals surface area contributed by atoms with E-state index < -0.39 is 0 Å². The number of halogens is 1. The third-order valence-corrected chi connectivity index (χ3v) is 6.08. The highest BCUT2D eigenvalue weighted by Gasteiger charge is 2.41. The van der Waals surface area contributed by atoms with Gasteiger partial charge in [-0.1, -0.05) is 25.4 Å². The number of hydrogen-bond acceptors (Lipinski definition) is 7. The third-order valence-electron chi connectivity index (χ3n) is 6.08. The zero-order chi connectivity index (χ0) is 19.0. The summed E-state index contributed by atoms with van der Waals surface area (Å²) in [5, 5.41) is 13.6. The Morgan fingerprint density at radius 3 is 2.64 bits per heavy atom. The van der Waals surface area contributed by atoms with Crippen LogP contribution in [-0.2, 0) is 4.79 Å². The zero-order valence-electron chi connectivity index (χ0n) is 16.2. The molecule has 2 aromatic heterocycles. The van der Waals surface area contributed by atoms with Gasteiger partial charge < -0.3 is 15.6 Å². The summed E-state index contributed by atoms with van der Waals surface area (Å²) in [4.78, 5) is 21.4. The van der Waals surface area contributed by atoms with Gasteiger partial charge in [0.25, 0.3) is 0 Å². The lowest BCUT2D eigenvalue weighted by Crippen LogP contribution is -2.49. The van der Waals surface area contributed by atoms with Crippen LogP contribution < -0.4 is 11.1 Å². The minimum atomic E-state index is -0.336. The number of aromatic amines is 1. The summed E-state index contributed by atoms with van der Waals surface area (Å²) >= 11 is 0. The summed E-state index contributed by atoms with van der Waals surface area (Å²) in [6, 6.07) is -0.0822. The van der Waals surface area contributed by atoms with E-state index in [-0.39, 0.29) is 42.2 Å². The Bertz CT molecular complexity index is 765. The predicted octanol–water partition coefficient (Wildman–Crippen LogP) is 2.24. The minimum Gasteiger partial charge on any atom is -0.344 e. The van der Waals surface area contributed by atoms with E-state index in [2.05, 4.69) is 30.6 Å². The predicted molar refractivity (Wildman–Crippen MR) is 104 cm³/mol. The fourth-order valence-corrected chi connectivity index (χ4v) is 4.56. The Kier molecular flexibility index (Phi) is 6.34. The van der Waals surface area contributed by atoms with E-state index in [0.717, 1.165) is 25.7 Å². The van der Waals surface area contributed by atoms with Gasteiger partial charge in [-0.15, -0.1) is 12.4 Å². The summed E-state index contributed by atoms with van der Waals surface area (Å²) in [7, 11) is 0. The van der Waals surface area contributed by atoms with Gasteiger partial charge in [0, 0.05) is 12.0 Å². The highest BCUT2D eigenvalue weighted by Crippen LogP contribution is 2.42. The molecule has 9 nitrogen and oxygen atoms in total. The van der Waals surface area contributed by atoms with Gasteiger partial charge in [-0.2, -0.15) is 10.1 Å². The van der Waals surface area contributed by atoms with Gasteiger partial charge in [0.2, 0.25) is 17.6 Å². The highest BCUT2D eigenvalue weighted by molar-refractivity contribution is 5.85. The molecular weight excluding hydrogens is 382 g/mol. The van der Waals surface area contributed by atoms with Crippen molar-refractivity contribution in [2.45, 2.75) is 58.0 Å². The molecule has 28 heavy (non-hydrogen) atoms. The van der Waals surface area contributed by atoms with Crippen LogP contribution in [0.3, 0.4) is 0 Å². The molecule has 0 aliphatic heterocycles. The van der Waals surface area contributed by atoms with Crippen molar-refractivity contribution >= 4 is 18.3 Å². The molecule has 3 unspecified atom stereocenters. The molecule has 0 saturated heterocycles. The van der Waals surface area contributed by atoms with E-state index in [1.807, 2.05) is 13.8 Å². The summed E-state index contributed by atoms with van der Waals surface area (Å²) in [5.74, 6) is 2.28. The van der Waals surface area contributed by atoms with Crippen molar-refractivity contribution in [3.63, 3.8) is 0 Å². The van der Waals surface area contributed by atoms with Crippen LogP contribution in [0.2, 0.25) is 0 Å². The number of nitrogens with one attached hydrogen (secondary N) is 2. The number of H-pyrrole nitrogens is 1. The van der Waals surface area contributed by atoms with Gasteiger partial charge in [-0.3, -0.25) is 9.89 Å². The maximum atomic E-state index is 13.0. The lowest BCUT2D eigenvalue weighted by molar-refractivity contribution is -0.129. The molecule has 154 valence electrons. The third kappa shape index (κ3) is 4.05. The lowest BCUT2D eigenvalue weighted by Gasteiger charge is -2.43. The number of rotatable bonds is 5. The van der Waals surface area contributed by atoms with E-state index in [1.165, 1.54) is 12.7 Å². The van der Waals surface area contributed by atoms with Crippen molar-refractivity contribution in [1.29, 1.82) is 0 Å². The molecule has 4 N–H and O–H groups in total. The number of carbonyl (C=O) groups is 1. The average Bonchev–Trinajstić information content (AvgIpc) is 3.30. The van der Waals surface area contributed by atoms with Crippen molar-refractivity contribution in [1.82, 2.24) is 30.6 Å². The first kappa shape index (κ1) is 20.7. The number of fused-ring (bicyclic) bond motifs is 2. The topological polar surface area (TPSA) is 136 Å². The number of aromatic nitrogens is 5. The second-order valence-electron chi connectivity index (χ2n) is 8.22. The molecule has 2 saturated carbocycles. The monoisotopic (exact) mass is 409 g/mol. The molecule has 2 heterocycles. The second-order valence-corrected chi connectivity index (χ2v) is 8.22. The van der Waals surface area contributed by atoms with Crippen LogP contribution in [0.4, 0.5) is 0 Å². The molecule has 2 aliphatic carbocycles. The van der Waals surface area contributed by atoms with Gasteiger partial charge in [0.15, 0.2) is 5.82 Å². The second kappa shape index (κ2) is 8.57. The number of amides is 1. The molecule has 2 aromatic rings. The first-order valence-electron chi connectivity index (χ1n) is 9.78. The molecule has 2 aliphatic rings. The maximum absolute atomic E-state index is 13.0. The molecule has 0 aromatic carbocycles. The first-order valence-corrected chi connectivity index (χ1v) is 9.78. The summed E-state index contributed by atoms with van der Waals surface area (Å²) < 4.78 is 5.41. The molecule has 0 spiro atoms. The number of carbonyl (C=O) groups excluding carboxylic acids is 1.